The minimum absolute atomic E-state index is 0.0318. The van der Waals surface area contributed by atoms with E-state index in [0.29, 0.717) is 5.75 Å². The molecule has 20 heavy (non-hydrogen) atoms. The minimum atomic E-state index is -0.0369. The van der Waals surface area contributed by atoms with Crippen LogP contribution >= 0.6 is 0 Å². The molecule has 0 fully saturated rings. The Morgan fingerprint density at radius 3 is 2.35 bits per heavy atom. The number of rotatable bonds is 4. The predicted molar refractivity (Wildman–Crippen MR) is 76.6 cm³/mol. The molecule has 0 radical (unpaired) electrons. The van der Waals surface area contributed by atoms with Gasteiger partial charge in [0.2, 0.25) is 0 Å². The molecule has 106 valence electrons. The summed E-state index contributed by atoms with van der Waals surface area (Å²) in [7, 11) is 1.50. The van der Waals surface area contributed by atoms with E-state index in [1.807, 2.05) is 6.92 Å². The molecule has 0 aliphatic heterocycles. The van der Waals surface area contributed by atoms with Gasteiger partial charge in [0.05, 0.1) is 7.11 Å². The van der Waals surface area contributed by atoms with Gasteiger partial charge in [-0.25, -0.2) is 0 Å². The van der Waals surface area contributed by atoms with Crippen LogP contribution in [0.15, 0.2) is 36.4 Å². The first-order valence-electron chi connectivity index (χ1n) is 6.45. The zero-order valence-electron chi connectivity index (χ0n) is 11.5. The van der Waals surface area contributed by atoms with Gasteiger partial charge in [0.1, 0.15) is 11.5 Å². The Hall–Kier alpha value is -2.36. The Bertz CT molecular complexity index is 607. The van der Waals surface area contributed by atoms with Gasteiger partial charge in [-0.2, -0.15) is 0 Å². The normalized spacial score (nSPS) is 12.1. The van der Waals surface area contributed by atoms with Gasteiger partial charge in [0, 0.05) is 17.5 Å². The van der Waals surface area contributed by atoms with Gasteiger partial charge in [0.15, 0.2) is 11.5 Å². The highest BCUT2D eigenvalue weighted by Crippen LogP contribution is 2.38. The van der Waals surface area contributed by atoms with Crippen molar-refractivity contribution in [3.63, 3.8) is 0 Å². The molecule has 2 rings (SSSR count). The maximum absolute atomic E-state index is 9.99. The van der Waals surface area contributed by atoms with E-state index in [0.717, 1.165) is 17.5 Å². The monoisotopic (exact) mass is 274 g/mol. The lowest BCUT2D eigenvalue weighted by Crippen LogP contribution is -2.00. The highest BCUT2D eigenvalue weighted by Gasteiger charge is 2.17. The van der Waals surface area contributed by atoms with Crippen molar-refractivity contribution in [1.29, 1.82) is 0 Å². The Morgan fingerprint density at radius 1 is 1.00 bits per heavy atom. The number of ether oxygens (including phenoxy) is 1. The molecule has 0 saturated carbocycles. The third-order valence-electron chi connectivity index (χ3n) is 3.40. The van der Waals surface area contributed by atoms with Crippen LogP contribution in [0.1, 0.15) is 30.4 Å². The molecule has 0 saturated heterocycles. The van der Waals surface area contributed by atoms with Crippen molar-refractivity contribution in [3.8, 4) is 23.0 Å². The standard InChI is InChI=1S/C16H18O4/c1-3-12(13-6-5-11(17)9-15(13)19)10-4-7-14(18)16(8-10)20-2/h4-9,12,17-19H,3H2,1-2H3. The first kappa shape index (κ1) is 14.1. The average molecular weight is 274 g/mol. The lowest BCUT2D eigenvalue weighted by atomic mass is 9.88. The molecule has 0 bridgehead atoms. The first-order chi connectivity index (χ1) is 9.56. The minimum Gasteiger partial charge on any atom is -0.508 e. The SMILES string of the molecule is CCC(c1ccc(O)c(OC)c1)c1ccc(O)cc1O. The summed E-state index contributed by atoms with van der Waals surface area (Å²) in [4.78, 5) is 0. The van der Waals surface area contributed by atoms with Gasteiger partial charge < -0.3 is 20.1 Å². The molecule has 1 atom stereocenters. The van der Waals surface area contributed by atoms with E-state index in [-0.39, 0.29) is 23.2 Å². The fraction of sp³-hybridized carbons (Fsp3) is 0.250. The van der Waals surface area contributed by atoms with Crippen molar-refractivity contribution in [2.75, 3.05) is 7.11 Å². The zero-order chi connectivity index (χ0) is 14.7. The van der Waals surface area contributed by atoms with E-state index in [4.69, 9.17) is 4.74 Å². The van der Waals surface area contributed by atoms with Crippen molar-refractivity contribution < 1.29 is 20.1 Å². The van der Waals surface area contributed by atoms with Crippen LogP contribution in [-0.2, 0) is 0 Å². The van der Waals surface area contributed by atoms with Crippen molar-refractivity contribution >= 4 is 0 Å². The summed E-state index contributed by atoms with van der Waals surface area (Å²) in [6.45, 7) is 2.01. The van der Waals surface area contributed by atoms with E-state index < -0.39 is 0 Å². The van der Waals surface area contributed by atoms with E-state index in [1.54, 1.807) is 30.3 Å². The second kappa shape index (κ2) is 5.74. The molecule has 0 aliphatic rings. The molecule has 0 aliphatic carbocycles. The fourth-order valence-electron chi connectivity index (χ4n) is 2.37. The highest BCUT2D eigenvalue weighted by atomic mass is 16.5. The van der Waals surface area contributed by atoms with E-state index in [9.17, 15) is 15.3 Å². The Labute approximate surface area is 117 Å². The maximum Gasteiger partial charge on any atom is 0.160 e. The predicted octanol–water partition coefficient (Wildman–Crippen LogP) is 3.35. The van der Waals surface area contributed by atoms with Gasteiger partial charge in [-0.3, -0.25) is 0 Å². The molecule has 2 aromatic carbocycles. The van der Waals surface area contributed by atoms with Gasteiger partial charge in [0.25, 0.3) is 0 Å². The lowest BCUT2D eigenvalue weighted by molar-refractivity contribution is 0.372. The molecular weight excluding hydrogens is 256 g/mol. The number of hydrogen-bond donors (Lipinski definition) is 3. The van der Waals surface area contributed by atoms with E-state index in [1.165, 1.54) is 13.2 Å². The van der Waals surface area contributed by atoms with E-state index in [2.05, 4.69) is 0 Å². The van der Waals surface area contributed by atoms with Crippen molar-refractivity contribution in [2.24, 2.45) is 0 Å². The van der Waals surface area contributed by atoms with Gasteiger partial charge in [-0.05, 0) is 30.2 Å². The van der Waals surface area contributed by atoms with Crippen LogP contribution in [0.5, 0.6) is 23.0 Å². The molecule has 4 nitrogen and oxygen atoms in total. The summed E-state index contributed by atoms with van der Waals surface area (Å²) in [5.74, 6) is 0.540. The summed E-state index contributed by atoms with van der Waals surface area (Å²) in [5.41, 5.74) is 1.67. The van der Waals surface area contributed by atoms with Crippen LogP contribution < -0.4 is 4.74 Å². The average Bonchev–Trinajstić information content (AvgIpc) is 2.43. The van der Waals surface area contributed by atoms with Crippen LogP contribution in [0.2, 0.25) is 0 Å². The Kier molecular flexibility index (Phi) is 4.03. The van der Waals surface area contributed by atoms with Crippen molar-refractivity contribution in [3.05, 3.63) is 47.5 Å². The molecule has 4 heteroatoms. The molecule has 2 aromatic rings. The van der Waals surface area contributed by atoms with Crippen LogP contribution in [-0.4, -0.2) is 22.4 Å². The maximum atomic E-state index is 9.99. The zero-order valence-corrected chi connectivity index (χ0v) is 11.5. The van der Waals surface area contributed by atoms with Crippen LogP contribution in [0, 0.1) is 0 Å². The molecule has 0 amide bonds. The molecule has 0 aromatic heterocycles. The Morgan fingerprint density at radius 2 is 1.75 bits per heavy atom. The topological polar surface area (TPSA) is 69.9 Å². The molecule has 1 unspecified atom stereocenters. The lowest BCUT2D eigenvalue weighted by Gasteiger charge is -2.18. The first-order valence-corrected chi connectivity index (χ1v) is 6.45. The smallest absolute Gasteiger partial charge is 0.160 e. The molecular formula is C16H18O4. The van der Waals surface area contributed by atoms with Crippen LogP contribution in [0.25, 0.3) is 0 Å². The summed E-state index contributed by atoms with van der Waals surface area (Å²) in [5, 5.41) is 29.0. The molecule has 0 spiro atoms. The number of hydrogen-bond acceptors (Lipinski definition) is 4. The van der Waals surface area contributed by atoms with E-state index >= 15 is 0 Å². The van der Waals surface area contributed by atoms with Crippen LogP contribution in [0.4, 0.5) is 0 Å². The fourth-order valence-corrected chi connectivity index (χ4v) is 2.37. The summed E-state index contributed by atoms with van der Waals surface area (Å²) >= 11 is 0. The summed E-state index contributed by atoms with van der Waals surface area (Å²) in [6.07, 6.45) is 0.770. The Balaban J connectivity index is 2.46. The number of phenolic OH excluding ortho intramolecular Hbond substituents is 3. The third-order valence-corrected chi connectivity index (χ3v) is 3.40. The summed E-state index contributed by atoms with van der Waals surface area (Å²) < 4.78 is 5.11. The molecule has 3 N–H and O–H groups in total. The number of phenols is 3. The van der Waals surface area contributed by atoms with Gasteiger partial charge in [-0.1, -0.05) is 19.1 Å². The third kappa shape index (κ3) is 2.64. The summed E-state index contributed by atoms with van der Waals surface area (Å²) in [6, 6.07) is 9.73. The number of aromatic hydroxyl groups is 3. The van der Waals surface area contributed by atoms with Gasteiger partial charge >= 0.3 is 0 Å². The van der Waals surface area contributed by atoms with Gasteiger partial charge in [-0.15, -0.1) is 0 Å². The largest absolute Gasteiger partial charge is 0.508 e. The molecule has 0 heterocycles. The second-order valence-corrected chi connectivity index (χ2v) is 4.64. The second-order valence-electron chi connectivity index (χ2n) is 4.64. The van der Waals surface area contributed by atoms with Crippen molar-refractivity contribution in [2.45, 2.75) is 19.3 Å². The van der Waals surface area contributed by atoms with Crippen molar-refractivity contribution in [1.82, 2.24) is 0 Å². The highest BCUT2D eigenvalue weighted by molar-refractivity contribution is 5.49. The number of methoxy groups -OCH3 is 1. The quantitative estimate of drug-likeness (QED) is 0.799. The van der Waals surface area contributed by atoms with Crippen LogP contribution in [0.3, 0.4) is 0 Å². The number of benzene rings is 2.